The Bertz CT molecular complexity index is 1500. The number of rotatable bonds is 11. The molecule has 1 saturated carbocycles. The van der Waals surface area contributed by atoms with E-state index in [1.165, 1.54) is 12.3 Å². The van der Waals surface area contributed by atoms with Gasteiger partial charge in [-0.05, 0) is 55.9 Å². The molecule has 3 aromatic rings. The molecule has 2 aromatic heterocycles. The predicted octanol–water partition coefficient (Wildman–Crippen LogP) is 4.39. The van der Waals surface area contributed by atoms with E-state index in [0.717, 1.165) is 18.4 Å². The summed E-state index contributed by atoms with van der Waals surface area (Å²) in [6.07, 6.45) is 2.34. The van der Waals surface area contributed by atoms with Crippen molar-refractivity contribution in [1.29, 1.82) is 0 Å². The molecule has 1 aliphatic heterocycles. The van der Waals surface area contributed by atoms with Crippen LogP contribution in [0.3, 0.4) is 0 Å². The standard InChI is InChI=1S/C31H36F2N6O5/c1-19(35-30(42)44-18-21-6-4-3-5-7-21)24-14-23(15-34-29(24)41)25-16-39(13-12-31(25,32)33)20(2)28(40)36-26-10-11-27(38-37-26)43-17-22-8-9-22/h3-7,10-11,14-15,19-20,22,25H,8-9,12-13,16-18H2,1-2H3,(H,34,41)(H,35,42)(H,36,37,40)/t19?,20-,25?/m0/s1. The van der Waals surface area contributed by atoms with E-state index in [1.54, 1.807) is 43.0 Å². The van der Waals surface area contributed by atoms with Crippen molar-refractivity contribution in [2.75, 3.05) is 25.0 Å². The van der Waals surface area contributed by atoms with Crippen LogP contribution >= 0.6 is 0 Å². The summed E-state index contributed by atoms with van der Waals surface area (Å²) < 4.78 is 41.3. The number of ether oxygens (including phenoxy) is 2. The van der Waals surface area contributed by atoms with Crippen LogP contribution in [-0.2, 0) is 16.1 Å². The first-order valence-electron chi connectivity index (χ1n) is 14.7. The van der Waals surface area contributed by atoms with Crippen molar-refractivity contribution in [3.05, 3.63) is 81.8 Å². The number of amides is 2. The molecule has 0 spiro atoms. The van der Waals surface area contributed by atoms with Crippen LogP contribution < -0.4 is 20.9 Å². The van der Waals surface area contributed by atoms with E-state index in [9.17, 15) is 14.4 Å². The minimum absolute atomic E-state index is 0.000860. The number of alkyl carbamates (subject to hydrolysis) is 1. The average molecular weight is 611 g/mol. The van der Waals surface area contributed by atoms with Crippen LogP contribution in [0.15, 0.2) is 59.5 Å². The third-order valence-electron chi connectivity index (χ3n) is 8.01. The zero-order valence-electron chi connectivity index (χ0n) is 24.6. The maximum atomic E-state index is 15.3. The van der Waals surface area contributed by atoms with Crippen LogP contribution in [0.2, 0.25) is 0 Å². The SMILES string of the molecule is CC(NC(=O)OCc1ccccc1)c1cc(C2CN([C@@H](C)C(=O)Nc3ccc(OCC4CC4)nn3)CCC2(F)F)c[nH]c1=O. The van der Waals surface area contributed by atoms with Crippen LogP contribution in [0.5, 0.6) is 5.88 Å². The summed E-state index contributed by atoms with van der Waals surface area (Å²) >= 11 is 0. The van der Waals surface area contributed by atoms with E-state index >= 15 is 8.78 Å². The number of carbonyl (C=O) groups excluding carboxylic acids is 2. The van der Waals surface area contributed by atoms with Gasteiger partial charge in [0.25, 0.3) is 11.5 Å². The monoisotopic (exact) mass is 610 g/mol. The van der Waals surface area contributed by atoms with Gasteiger partial charge in [0.15, 0.2) is 5.82 Å². The quantitative estimate of drug-likeness (QED) is 0.291. The number of likely N-dealkylation sites (tertiary alicyclic amines) is 1. The smallest absolute Gasteiger partial charge is 0.407 e. The first kappa shape index (κ1) is 31.0. The fourth-order valence-electron chi connectivity index (χ4n) is 5.04. The van der Waals surface area contributed by atoms with E-state index < -0.39 is 47.9 Å². The molecule has 1 aliphatic carbocycles. The van der Waals surface area contributed by atoms with Crippen molar-refractivity contribution in [2.24, 2.45) is 5.92 Å². The molecule has 13 heteroatoms. The van der Waals surface area contributed by atoms with Gasteiger partial charge in [0, 0.05) is 37.3 Å². The molecule has 234 valence electrons. The summed E-state index contributed by atoms with van der Waals surface area (Å²) in [5.41, 5.74) is 0.585. The largest absolute Gasteiger partial charge is 0.476 e. The van der Waals surface area contributed by atoms with Crippen LogP contribution in [0.1, 0.15) is 61.8 Å². The zero-order chi connectivity index (χ0) is 31.3. The molecule has 1 aromatic carbocycles. The van der Waals surface area contributed by atoms with Gasteiger partial charge in [-0.1, -0.05) is 30.3 Å². The second-order valence-corrected chi connectivity index (χ2v) is 11.4. The van der Waals surface area contributed by atoms with Crippen molar-refractivity contribution >= 4 is 17.8 Å². The maximum Gasteiger partial charge on any atom is 0.407 e. The van der Waals surface area contributed by atoms with Gasteiger partial charge in [0.2, 0.25) is 11.8 Å². The van der Waals surface area contributed by atoms with Crippen molar-refractivity contribution in [2.45, 2.75) is 63.6 Å². The summed E-state index contributed by atoms with van der Waals surface area (Å²) in [5.74, 6) is -3.64. The molecule has 0 bridgehead atoms. The van der Waals surface area contributed by atoms with E-state index in [1.807, 2.05) is 18.2 Å². The highest BCUT2D eigenvalue weighted by Gasteiger charge is 2.46. The molecule has 44 heavy (non-hydrogen) atoms. The molecular weight excluding hydrogens is 574 g/mol. The zero-order valence-corrected chi connectivity index (χ0v) is 24.6. The minimum Gasteiger partial charge on any atom is -0.476 e. The summed E-state index contributed by atoms with van der Waals surface area (Å²) in [6.45, 7) is 3.71. The van der Waals surface area contributed by atoms with Gasteiger partial charge in [-0.2, -0.15) is 0 Å². The van der Waals surface area contributed by atoms with Gasteiger partial charge >= 0.3 is 6.09 Å². The highest BCUT2D eigenvalue weighted by Crippen LogP contribution is 2.41. The van der Waals surface area contributed by atoms with E-state index in [-0.39, 0.29) is 36.6 Å². The Morgan fingerprint density at radius 1 is 1.14 bits per heavy atom. The van der Waals surface area contributed by atoms with Gasteiger partial charge in [-0.25, -0.2) is 13.6 Å². The molecule has 3 heterocycles. The molecule has 2 amide bonds. The van der Waals surface area contributed by atoms with Crippen molar-refractivity contribution in [1.82, 2.24) is 25.4 Å². The van der Waals surface area contributed by atoms with Crippen LogP contribution in [-0.4, -0.2) is 63.7 Å². The lowest BCUT2D eigenvalue weighted by molar-refractivity contribution is -0.125. The third kappa shape index (κ3) is 7.95. The van der Waals surface area contributed by atoms with Gasteiger partial charge in [0.05, 0.1) is 24.6 Å². The molecule has 11 nitrogen and oxygen atoms in total. The Hall–Kier alpha value is -4.39. The summed E-state index contributed by atoms with van der Waals surface area (Å²) in [7, 11) is 0. The van der Waals surface area contributed by atoms with Crippen molar-refractivity contribution < 1.29 is 27.8 Å². The lowest BCUT2D eigenvalue weighted by Crippen LogP contribution is -2.52. The normalized spacial score (nSPS) is 19.4. The molecular formula is C31H36F2N6O5. The number of alkyl halides is 2. The molecule has 2 aliphatic rings. The molecule has 0 radical (unpaired) electrons. The molecule has 2 unspecified atom stereocenters. The fraction of sp³-hybridized carbons (Fsp3) is 0.452. The average Bonchev–Trinajstić information content (AvgIpc) is 3.85. The second-order valence-electron chi connectivity index (χ2n) is 11.4. The number of nitrogens with zero attached hydrogens (tertiary/aromatic N) is 3. The number of hydrogen-bond donors (Lipinski definition) is 3. The summed E-state index contributed by atoms with van der Waals surface area (Å²) in [5, 5.41) is 13.3. The number of hydrogen-bond acceptors (Lipinski definition) is 8. The molecule has 3 atom stereocenters. The summed E-state index contributed by atoms with van der Waals surface area (Å²) in [6, 6.07) is 12.1. The highest BCUT2D eigenvalue weighted by atomic mass is 19.3. The van der Waals surface area contributed by atoms with E-state index in [4.69, 9.17) is 9.47 Å². The number of H-pyrrole nitrogens is 1. The summed E-state index contributed by atoms with van der Waals surface area (Å²) in [4.78, 5) is 42.2. The fourth-order valence-corrected chi connectivity index (χ4v) is 5.04. The van der Waals surface area contributed by atoms with Gasteiger partial charge in [0.1, 0.15) is 6.61 Å². The number of piperidine rings is 1. The van der Waals surface area contributed by atoms with Crippen LogP contribution in [0, 0.1) is 5.92 Å². The second kappa shape index (κ2) is 13.5. The van der Waals surface area contributed by atoms with Gasteiger partial charge in [-0.15, -0.1) is 10.2 Å². The number of benzene rings is 1. The molecule has 3 N–H and O–H groups in total. The predicted molar refractivity (Wildman–Crippen MR) is 157 cm³/mol. The van der Waals surface area contributed by atoms with E-state index in [0.29, 0.717) is 18.4 Å². The van der Waals surface area contributed by atoms with Crippen LogP contribution in [0.4, 0.5) is 19.4 Å². The minimum atomic E-state index is -3.09. The highest BCUT2D eigenvalue weighted by molar-refractivity contribution is 5.93. The third-order valence-corrected chi connectivity index (χ3v) is 8.01. The van der Waals surface area contributed by atoms with Gasteiger partial charge in [-0.3, -0.25) is 14.5 Å². The first-order valence-corrected chi connectivity index (χ1v) is 14.7. The number of halogens is 2. The number of carbonyl (C=O) groups is 2. The topological polar surface area (TPSA) is 139 Å². The van der Waals surface area contributed by atoms with Crippen molar-refractivity contribution in [3.63, 3.8) is 0 Å². The molecule has 2 fully saturated rings. The van der Waals surface area contributed by atoms with Crippen LogP contribution in [0.25, 0.3) is 0 Å². The van der Waals surface area contributed by atoms with Gasteiger partial charge < -0.3 is 25.1 Å². The Kier molecular flexibility index (Phi) is 9.52. The number of aromatic nitrogens is 3. The van der Waals surface area contributed by atoms with E-state index in [2.05, 4.69) is 25.8 Å². The first-order chi connectivity index (χ1) is 21.1. The molecule has 1 saturated heterocycles. The molecule has 5 rings (SSSR count). The number of anilines is 1. The Balaban J connectivity index is 1.21. The Labute approximate surface area is 253 Å². The maximum absolute atomic E-state index is 15.3. The van der Waals surface area contributed by atoms with Crippen molar-refractivity contribution in [3.8, 4) is 5.88 Å². The Morgan fingerprint density at radius 2 is 1.91 bits per heavy atom. The number of pyridine rings is 1. The lowest BCUT2D eigenvalue weighted by atomic mass is 9.86. The number of nitrogens with one attached hydrogen (secondary N) is 3. The number of aromatic amines is 1. The lowest BCUT2D eigenvalue weighted by Gasteiger charge is -2.40. The Morgan fingerprint density at radius 3 is 2.61 bits per heavy atom.